The summed E-state index contributed by atoms with van der Waals surface area (Å²) in [6.45, 7) is 2.02. The lowest BCUT2D eigenvalue weighted by atomic mass is 10.0. The highest BCUT2D eigenvalue weighted by atomic mass is 16.3. The zero-order chi connectivity index (χ0) is 20.9. The third-order valence-electron chi connectivity index (χ3n) is 5.60. The molecule has 1 aromatic carbocycles. The summed E-state index contributed by atoms with van der Waals surface area (Å²) >= 11 is 0. The van der Waals surface area contributed by atoms with E-state index in [4.69, 9.17) is 8.83 Å². The predicted octanol–water partition coefficient (Wildman–Crippen LogP) is 4.88. The van der Waals surface area contributed by atoms with E-state index >= 15 is 0 Å². The summed E-state index contributed by atoms with van der Waals surface area (Å²) in [6.07, 6.45) is 7.80. The number of amides is 2. The maximum Gasteiger partial charge on any atom is 0.295 e. The van der Waals surface area contributed by atoms with Crippen molar-refractivity contribution in [1.29, 1.82) is 0 Å². The molecule has 0 saturated heterocycles. The van der Waals surface area contributed by atoms with Crippen molar-refractivity contribution >= 4 is 17.5 Å². The van der Waals surface area contributed by atoms with Gasteiger partial charge in [0.15, 0.2) is 11.8 Å². The van der Waals surface area contributed by atoms with Crippen LogP contribution in [0, 0.1) is 0 Å². The van der Waals surface area contributed by atoms with Crippen LogP contribution < -0.4 is 10.2 Å². The summed E-state index contributed by atoms with van der Waals surface area (Å²) < 4.78 is 11.0. The molecule has 0 radical (unpaired) electrons. The third-order valence-corrected chi connectivity index (χ3v) is 5.60. The van der Waals surface area contributed by atoms with Crippen LogP contribution in [-0.2, 0) is 11.2 Å². The predicted molar refractivity (Wildman–Crippen MR) is 113 cm³/mol. The van der Waals surface area contributed by atoms with Gasteiger partial charge in [0.2, 0.25) is 0 Å². The van der Waals surface area contributed by atoms with Crippen molar-refractivity contribution in [2.24, 2.45) is 0 Å². The molecule has 156 valence electrons. The van der Waals surface area contributed by atoms with E-state index in [-0.39, 0.29) is 23.6 Å². The molecule has 1 saturated carbocycles. The number of anilines is 1. The first kappa shape index (κ1) is 20.0. The lowest BCUT2D eigenvalue weighted by molar-refractivity contribution is -0.123. The third kappa shape index (κ3) is 4.03. The number of rotatable bonds is 7. The molecule has 30 heavy (non-hydrogen) atoms. The fraction of sp³-hybridized carbons (Fsp3) is 0.333. The molecule has 0 unspecified atom stereocenters. The molecule has 0 spiro atoms. The van der Waals surface area contributed by atoms with E-state index in [1.165, 1.54) is 17.4 Å². The minimum Gasteiger partial charge on any atom is -0.467 e. The second-order valence-electron chi connectivity index (χ2n) is 7.54. The van der Waals surface area contributed by atoms with Crippen molar-refractivity contribution in [3.05, 3.63) is 78.1 Å². The first-order valence-corrected chi connectivity index (χ1v) is 10.5. The Morgan fingerprint density at radius 2 is 1.77 bits per heavy atom. The lowest BCUT2D eigenvalue weighted by Crippen LogP contribution is -2.46. The van der Waals surface area contributed by atoms with Gasteiger partial charge in [-0.05, 0) is 55.2 Å². The standard InChI is InChI=1S/C24H26N2O4/c1-2-17-9-3-6-12-19(17)26(24(28)21-14-8-16-30-21)22(20-13-7-15-29-20)23(27)25-18-10-4-5-11-18/h3,6-9,12-16,18,22H,2,4-5,10-11H2,1H3,(H,25,27)/t22-/m0/s1. The van der Waals surface area contributed by atoms with Gasteiger partial charge in [-0.3, -0.25) is 14.5 Å². The minimum absolute atomic E-state index is 0.122. The van der Waals surface area contributed by atoms with Gasteiger partial charge in [0, 0.05) is 11.7 Å². The molecule has 6 heteroatoms. The summed E-state index contributed by atoms with van der Waals surface area (Å²) in [5.41, 5.74) is 1.63. The summed E-state index contributed by atoms with van der Waals surface area (Å²) in [6, 6.07) is 13.5. The number of nitrogens with one attached hydrogen (secondary N) is 1. The van der Waals surface area contributed by atoms with Crippen molar-refractivity contribution in [2.45, 2.75) is 51.1 Å². The van der Waals surface area contributed by atoms with Crippen LogP contribution in [0.15, 0.2) is 69.9 Å². The highest BCUT2D eigenvalue weighted by molar-refractivity contribution is 6.09. The highest BCUT2D eigenvalue weighted by Gasteiger charge is 2.38. The van der Waals surface area contributed by atoms with Crippen molar-refractivity contribution in [1.82, 2.24) is 5.32 Å². The van der Waals surface area contributed by atoms with Crippen LogP contribution in [0.1, 0.15) is 60.5 Å². The first-order valence-electron chi connectivity index (χ1n) is 10.5. The molecular formula is C24H26N2O4. The van der Waals surface area contributed by atoms with Crippen molar-refractivity contribution < 1.29 is 18.4 Å². The number of carbonyl (C=O) groups excluding carboxylic acids is 2. The van der Waals surface area contributed by atoms with Gasteiger partial charge in [0.1, 0.15) is 5.76 Å². The number of carbonyl (C=O) groups is 2. The van der Waals surface area contributed by atoms with Crippen LogP contribution in [0.5, 0.6) is 0 Å². The van der Waals surface area contributed by atoms with E-state index < -0.39 is 6.04 Å². The van der Waals surface area contributed by atoms with Crippen LogP contribution >= 0.6 is 0 Å². The molecule has 0 bridgehead atoms. The quantitative estimate of drug-likeness (QED) is 0.607. The van der Waals surface area contributed by atoms with Gasteiger partial charge in [-0.1, -0.05) is 38.0 Å². The second-order valence-corrected chi connectivity index (χ2v) is 7.54. The molecule has 1 aliphatic carbocycles. The summed E-state index contributed by atoms with van der Waals surface area (Å²) in [7, 11) is 0. The number of hydrogen-bond donors (Lipinski definition) is 1. The van der Waals surface area contributed by atoms with Crippen LogP contribution in [0.4, 0.5) is 5.69 Å². The molecule has 0 aliphatic heterocycles. The normalized spacial score (nSPS) is 15.1. The van der Waals surface area contributed by atoms with Gasteiger partial charge in [-0.2, -0.15) is 0 Å². The Hall–Kier alpha value is -3.28. The highest BCUT2D eigenvalue weighted by Crippen LogP contribution is 2.33. The number of furan rings is 2. The Kier molecular flexibility index (Phi) is 6.02. The maximum atomic E-state index is 13.6. The molecular weight excluding hydrogens is 380 g/mol. The van der Waals surface area contributed by atoms with E-state index in [0.717, 1.165) is 31.2 Å². The monoisotopic (exact) mass is 406 g/mol. The number of para-hydroxylation sites is 1. The largest absolute Gasteiger partial charge is 0.467 e. The Balaban J connectivity index is 1.80. The average molecular weight is 406 g/mol. The zero-order valence-corrected chi connectivity index (χ0v) is 17.0. The van der Waals surface area contributed by atoms with Gasteiger partial charge < -0.3 is 14.2 Å². The lowest BCUT2D eigenvalue weighted by Gasteiger charge is -2.31. The van der Waals surface area contributed by atoms with Gasteiger partial charge in [0.25, 0.3) is 11.8 Å². The Morgan fingerprint density at radius 3 is 2.43 bits per heavy atom. The Bertz CT molecular complexity index is 973. The first-order chi connectivity index (χ1) is 14.7. The van der Waals surface area contributed by atoms with E-state index in [9.17, 15) is 9.59 Å². The number of nitrogens with zero attached hydrogens (tertiary/aromatic N) is 1. The molecule has 4 rings (SSSR count). The SMILES string of the molecule is CCc1ccccc1N(C(=O)c1ccco1)[C@H](C(=O)NC1CCCC1)c1ccco1. The molecule has 2 heterocycles. The van der Waals surface area contributed by atoms with Crippen molar-refractivity contribution in [3.8, 4) is 0 Å². The molecule has 2 aromatic heterocycles. The van der Waals surface area contributed by atoms with Crippen LogP contribution in [0.25, 0.3) is 0 Å². The average Bonchev–Trinajstić information content (AvgIpc) is 3.55. The van der Waals surface area contributed by atoms with Crippen molar-refractivity contribution in [2.75, 3.05) is 4.90 Å². The van der Waals surface area contributed by atoms with E-state index in [1.807, 2.05) is 31.2 Å². The molecule has 1 atom stereocenters. The molecule has 1 aliphatic rings. The van der Waals surface area contributed by atoms with Crippen LogP contribution in [0.2, 0.25) is 0 Å². The number of benzene rings is 1. The van der Waals surface area contributed by atoms with Gasteiger partial charge in [-0.15, -0.1) is 0 Å². The number of aryl methyl sites for hydroxylation is 1. The topological polar surface area (TPSA) is 75.7 Å². The Labute approximate surface area is 175 Å². The molecule has 2 amide bonds. The minimum atomic E-state index is -0.939. The fourth-order valence-electron chi connectivity index (χ4n) is 4.10. The summed E-state index contributed by atoms with van der Waals surface area (Å²) in [5.74, 6) is -0.0472. The van der Waals surface area contributed by atoms with Crippen LogP contribution in [-0.4, -0.2) is 17.9 Å². The zero-order valence-electron chi connectivity index (χ0n) is 17.0. The van der Waals surface area contributed by atoms with Gasteiger partial charge in [0.05, 0.1) is 12.5 Å². The van der Waals surface area contributed by atoms with Gasteiger partial charge in [-0.25, -0.2) is 0 Å². The summed E-state index contributed by atoms with van der Waals surface area (Å²) in [5, 5.41) is 3.13. The van der Waals surface area contributed by atoms with Crippen LogP contribution in [0.3, 0.4) is 0 Å². The van der Waals surface area contributed by atoms with E-state index in [2.05, 4.69) is 5.32 Å². The molecule has 1 N–H and O–H groups in total. The maximum absolute atomic E-state index is 13.6. The molecule has 1 fully saturated rings. The van der Waals surface area contributed by atoms with Gasteiger partial charge >= 0.3 is 0 Å². The Morgan fingerprint density at radius 1 is 1.03 bits per heavy atom. The molecule has 6 nitrogen and oxygen atoms in total. The summed E-state index contributed by atoms with van der Waals surface area (Å²) in [4.78, 5) is 28.6. The van der Waals surface area contributed by atoms with E-state index in [1.54, 1.807) is 24.3 Å². The van der Waals surface area contributed by atoms with E-state index in [0.29, 0.717) is 17.9 Å². The number of hydrogen-bond acceptors (Lipinski definition) is 4. The smallest absolute Gasteiger partial charge is 0.295 e. The fourth-order valence-corrected chi connectivity index (χ4v) is 4.10. The molecule has 3 aromatic rings. The van der Waals surface area contributed by atoms with Crippen molar-refractivity contribution in [3.63, 3.8) is 0 Å². The second kappa shape index (κ2) is 9.03.